The van der Waals surface area contributed by atoms with E-state index in [1.54, 1.807) is 12.3 Å². The van der Waals surface area contributed by atoms with Gasteiger partial charge in [0.2, 0.25) is 5.88 Å². The summed E-state index contributed by atoms with van der Waals surface area (Å²) in [5, 5.41) is 10.2. The van der Waals surface area contributed by atoms with Gasteiger partial charge in [0.15, 0.2) is 0 Å². The zero-order valence-electron chi connectivity index (χ0n) is 11.9. The standard InChI is InChI=1S/C15H11BrN2O4S/c1-22-13(19)7-18-14(20)12(23-15(18)21)4-8-6-17-11-3-2-9(16)5-10(8)11/h2-6,20H,7H2,1H3/b8-4+. The summed E-state index contributed by atoms with van der Waals surface area (Å²) in [5.74, 6) is -0.856. The second-order valence-corrected chi connectivity index (χ2v) is 6.65. The Morgan fingerprint density at radius 1 is 1.52 bits per heavy atom. The topological polar surface area (TPSA) is 80.9 Å². The van der Waals surface area contributed by atoms with Crippen LogP contribution in [-0.4, -0.2) is 29.0 Å². The van der Waals surface area contributed by atoms with Gasteiger partial charge in [0, 0.05) is 21.8 Å². The Balaban J connectivity index is 2.01. The SMILES string of the molecule is COC(=O)Cn1c(O)c(/C=C2\C=Nc3ccc(Br)cc32)sc1=O. The van der Waals surface area contributed by atoms with Crippen LogP contribution in [0.2, 0.25) is 0 Å². The third-order valence-corrected chi connectivity index (χ3v) is 4.72. The van der Waals surface area contributed by atoms with E-state index in [-0.39, 0.29) is 12.4 Å². The third-order valence-electron chi connectivity index (χ3n) is 3.31. The number of aromatic nitrogens is 1. The third kappa shape index (κ3) is 2.99. The number of ether oxygens (including phenoxy) is 1. The second-order valence-electron chi connectivity index (χ2n) is 4.74. The first-order valence-electron chi connectivity index (χ1n) is 6.54. The molecule has 0 saturated heterocycles. The number of nitrogens with zero attached hydrogens (tertiary/aromatic N) is 2. The fourth-order valence-corrected chi connectivity index (χ4v) is 3.36. The van der Waals surface area contributed by atoms with Crippen LogP contribution in [0.25, 0.3) is 11.6 Å². The van der Waals surface area contributed by atoms with Crippen LogP contribution in [0.3, 0.4) is 0 Å². The molecule has 1 aromatic heterocycles. The number of aliphatic imine (C=N–C) groups is 1. The largest absolute Gasteiger partial charge is 0.493 e. The van der Waals surface area contributed by atoms with E-state index in [4.69, 9.17) is 0 Å². The van der Waals surface area contributed by atoms with Crippen LogP contribution in [0, 0.1) is 0 Å². The Labute approximate surface area is 143 Å². The molecule has 1 aliphatic heterocycles. The number of methoxy groups -OCH3 is 1. The summed E-state index contributed by atoms with van der Waals surface area (Å²) in [5.41, 5.74) is 2.50. The molecule has 1 N–H and O–H groups in total. The second kappa shape index (κ2) is 6.13. The molecule has 0 atom stereocenters. The number of carbonyl (C=O) groups is 1. The molecular weight excluding hydrogens is 384 g/mol. The molecule has 0 amide bonds. The zero-order chi connectivity index (χ0) is 16.6. The van der Waals surface area contributed by atoms with Crippen LogP contribution in [0.5, 0.6) is 5.88 Å². The van der Waals surface area contributed by atoms with Crippen molar-refractivity contribution in [3.8, 4) is 5.88 Å². The maximum atomic E-state index is 11.9. The maximum Gasteiger partial charge on any atom is 0.325 e. The molecule has 0 radical (unpaired) electrons. The van der Waals surface area contributed by atoms with Gasteiger partial charge in [-0.05, 0) is 24.3 Å². The average molecular weight is 395 g/mol. The lowest BCUT2D eigenvalue weighted by atomic mass is 10.1. The number of thiazole rings is 1. The first-order chi connectivity index (χ1) is 11.0. The molecule has 0 spiro atoms. The fourth-order valence-electron chi connectivity index (χ4n) is 2.16. The van der Waals surface area contributed by atoms with Gasteiger partial charge in [0.05, 0.1) is 17.7 Å². The van der Waals surface area contributed by atoms with Gasteiger partial charge in [0.25, 0.3) is 0 Å². The smallest absolute Gasteiger partial charge is 0.325 e. The summed E-state index contributed by atoms with van der Waals surface area (Å²) in [7, 11) is 1.23. The van der Waals surface area contributed by atoms with Crippen molar-refractivity contribution in [1.29, 1.82) is 0 Å². The number of halogens is 1. The molecule has 2 aromatic rings. The molecule has 0 bridgehead atoms. The van der Waals surface area contributed by atoms with E-state index in [0.717, 1.165) is 37.2 Å². The number of esters is 1. The number of carbonyl (C=O) groups excluding carboxylic acids is 1. The number of hydrogen-bond acceptors (Lipinski definition) is 6. The van der Waals surface area contributed by atoms with Gasteiger partial charge in [-0.2, -0.15) is 0 Å². The molecule has 0 saturated carbocycles. The number of allylic oxidation sites excluding steroid dienone is 1. The Bertz CT molecular complexity index is 911. The first-order valence-corrected chi connectivity index (χ1v) is 8.15. The number of benzene rings is 1. The first kappa shape index (κ1) is 15.7. The van der Waals surface area contributed by atoms with Gasteiger partial charge in [-0.15, -0.1) is 0 Å². The van der Waals surface area contributed by atoms with E-state index in [1.807, 2.05) is 18.2 Å². The summed E-state index contributed by atoms with van der Waals surface area (Å²) in [6.45, 7) is -0.322. The molecular formula is C15H11BrN2O4S. The van der Waals surface area contributed by atoms with Crippen molar-refractivity contribution < 1.29 is 14.6 Å². The van der Waals surface area contributed by atoms with Crippen LogP contribution >= 0.6 is 27.3 Å². The Morgan fingerprint density at radius 2 is 2.30 bits per heavy atom. The van der Waals surface area contributed by atoms with Crippen LogP contribution in [0.15, 0.2) is 32.5 Å². The highest BCUT2D eigenvalue weighted by Crippen LogP contribution is 2.36. The molecule has 118 valence electrons. The molecule has 23 heavy (non-hydrogen) atoms. The van der Waals surface area contributed by atoms with Crippen molar-refractivity contribution in [2.75, 3.05) is 7.11 Å². The molecule has 1 aromatic carbocycles. The summed E-state index contributed by atoms with van der Waals surface area (Å²) < 4.78 is 6.41. The summed E-state index contributed by atoms with van der Waals surface area (Å²) in [6, 6.07) is 5.68. The summed E-state index contributed by atoms with van der Waals surface area (Å²) in [4.78, 5) is 27.5. The van der Waals surface area contributed by atoms with Gasteiger partial charge >= 0.3 is 10.8 Å². The predicted octanol–water partition coefficient (Wildman–Crippen LogP) is 2.81. The van der Waals surface area contributed by atoms with Gasteiger partial charge in [-0.1, -0.05) is 27.3 Å². The molecule has 0 unspecified atom stereocenters. The highest BCUT2D eigenvalue weighted by molar-refractivity contribution is 9.10. The number of fused-ring (bicyclic) bond motifs is 1. The lowest BCUT2D eigenvalue weighted by Gasteiger charge is -2.02. The van der Waals surface area contributed by atoms with Gasteiger partial charge in [0.1, 0.15) is 6.54 Å². The van der Waals surface area contributed by atoms with Crippen LogP contribution in [0.1, 0.15) is 10.4 Å². The van der Waals surface area contributed by atoms with Gasteiger partial charge in [-0.25, -0.2) is 0 Å². The monoisotopic (exact) mass is 394 g/mol. The lowest BCUT2D eigenvalue weighted by Crippen LogP contribution is -2.19. The Kier molecular flexibility index (Phi) is 4.18. The minimum absolute atomic E-state index is 0.255. The van der Waals surface area contributed by atoms with Crippen molar-refractivity contribution in [1.82, 2.24) is 4.57 Å². The fraction of sp³-hybridized carbons (Fsp3) is 0.133. The quantitative estimate of drug-likeness (QED) is 0.811. The summed E-state index contributed by atoms with van der Waals surface area (Å²) >= 11 is 4.27. The van der Waals surface area contributed by atoms with E-state index in [0.29, 0.717) is 4.88 Å². The maximum absolute atomic E-state index is 11.9. The predicted molar refractivity (Wildman–Crippen MR) is 92.4 cm³/mol. The van der Waals surface area contributed by atoms with E-state index < -0.39 is 10.8 Å². The normalized spacial score (nSPS) is 14.3. The molecule has 8 heteroatoms. The molecule has 0 aliphatic carbocycles. The van der Waals surface area contributed by atoms with Crippen LogP contribution in [0.4, 0.5) is 5.69 Å². The minimum atomic E-state index is -0.601. The average Bonchev–Trinajstić information content (AvgIpc) is 3.03. The van der Waals surface area contributed by atoms with E-state index >= 15 is 0 Å². The van der Waals surface area contributed by atoms with Crippen molar-refractivity contribution in [3.05, 3.63) is 42.8 Å². The van der Waals surface area contributed by atoms with Gasteiger partial charge in [-0.3, -0.25) is 19.1 Å². The highest BCUT2D eigenvalue weighted by atomic mass is 79.9. The Hall–Kier alpha value is -2.19. The Morgan fingerprint density at radius 3 is 3.04 bits per heavy atom. The van der Waals surface area contributed by atoms with Crippen molar-refractivity contribution in [2.45, 2.75) is 6.54 Å². The van der Waals surface area contributed by atoms with E-state index in [2.05, 4.69) is 25.7 Å². The number of aromatic hydroxyl groups is 1. The van der Waals surface area contributed by atoms with Crippen molar-refractivity contribution in [2.24, 2.45) is 4.99 Å². The number of rotatable bonds is 3. The zero-order valence-corrected chi connectivity index (χ0v) is 14.3. The van der Waals surface area contributed by atoms with E-state index in [1.165, 1.54) is 7.11 Å². The lowest BCUT2D eigenvalue weighted by molar-refractivity contribution is -0.141. The molecule has 6 nitrogen and oxygen atoms in total. The van der Waals surface area contributed by atoms with Crippen LogP contribution in [-0.2, 0) is 16.1 Å². The minimum Gasteiger partial charge on any atom is -0.493 e. The highest BCUT2D eigenvalue weighted by Gasteiger charge is 2.18. The molecule has 0 fully saturated rings. The number of hydrogen-bond donors (Lipinski definition) is 1. The van der Waals surface area contributed by atoms with Crippen molar-refractivity contribution >= 4 is 56.8 Å². The van der Waals surface area contributed by atoms with E-state index in [9.17, 15) is 14.7 Å². The van der Waals surface area contributed by atoms with Gasteiger partial charge < -0.3 is 9.84 Å². The summed E-state index contributed by atoms with van der Waals surface area (Å²) in [6.07, 6.45) is 3.35. The molecule has 2 heterocycles. The molecule has 3 rings (SSSR count). The van der Waals surface area contributed by atoms with Crippen molar-refractivity contribution in [3.63, 3.8) is 0 Å². The molecule has 1 aliphatic rings. The van der Waals surface area contributed by atoms with Crippen LogP contribution < -0.4 is 4.87 Å².